The van der Waals surface area contributed by atoms with Crippen LogP contribution >= 0.6 is 27.5 Å². The third kappa shape index (κ3) is 4.30. The van der Waals surface area contributed by atoms with Crippen molar-refractivity contribution in [3.63, 3.8) is 0 Å². The summed E-state index contributed by atoms with van der Waals surface area (Å²) in [7, 11) is 0. The quantitative estimate of drug-likeness (QED) is 0.376. The molecule has 3 aromatic carbocycles. The van der Waals surface area contributed by atoms with Crippen LogP contribution in [0.5, 0.6) is 0 Å². The second-order valence-electron chi connectivity index (χ2n) is 6.93. The van der Waals surface area contributed by atoms with Gasteiger partial charge in [-0.2, -0.15) is 0 Å². The topological polar surface area (TPSA) is 59.8 Å². The molecule has 0 spiro atoms. The Morgan fingerprint density at radius 3 is 2.53 bits per heavy atom. The summed E-state index contributed by atoms with van der Waals surface area (Å²) in [6.45, 7) is 4.03. The minimum Gasteiger partial charge on any atom is -0.319 e. The lowest BCUT2D eigenvalue weighted by molar-refractivity contribution is 0.101. The van der Waals surface area contributed by atoms with E-state index in [1.54, 1.807) is 28.9 Å². The van der Waals surface area contributed by atoms with E-state index in [1.165, 1.54) is 0 Å². The lowest BCUT2D eigenvalue weighted by atomic mass is 10.1. The number of carbonyl (C=O) groups is 1. The number of anilines is 1. The number of aromatic nitrogens is 3. The Morgan fingerprint density at radius 2 is 1.80 bits per heavy atom. The lowest BCUT2D eigenvalue weighted by Gasteiger charge is -2.10. The third-order valence-corrected chi connectivity index (χ3v) is 5.35. The molecule has 4 aromatic rings. The molecular formula is C23H18BrClN4O. The van der Waals surface area contributed by atoms with E-state index >= 15 is 0 Å². The van der Waals surface area contributed by atoms with Gasteiger partial charge in [-0.25, -0.2) is 9.67 Å². The first kappa shape index (κ1) is 20.3. The van der Waals surface area contributed by atoms with Crippen molar-refractivity contribution in [3.05, 3.63) is 93.2 Å². The van der Waals surface area contributed by atoms with E-state index in [0.717, 1.165) is 26.9 Å². The van der Waals surface area contributed by atoms with Gasteiger partial charge in [0.1, 0.15) is 0 Å². The second-order valence-corrected chi connectivity index (χ2v) is 8.28. The van der Waals surface area contributed by atoms with Crippen LogP contribution in [0.25, 0.3) is 17.1 Å². The molecule has 0 aliphatic rings. The molecule has 0 aliphatic carbocycles. The smallest absolute Gasteiger partial charge is 0.295 e. The zero-order chi connectivity index (χ0) is 21.3. The standard InChI is InChI=1S/C23H18BrClN4O/c1-14-6-7-15(2)20(12-14)29-22(16-8-10-17(24)11-9-16)27-21(28-29)23(30)26-19-5-3-4-18(25)13-19/h3-13H,1-2H3,(H,26,30). The second kappa shape index (κ2) is 8.42. The zero-order valence-corrected chi connectivity index (χ0v) is 18.7. The summed E-state index contributed by atoms with van der Waals surface area (Å²) in [5.74, 6) is 0.265. The molecule has 1 N–H and O–H groups in total. The Hall–Kier alpha value is -2.96. The fraction of sp³-hybridized carbons (Fsp3) is 0.0870. The molecule has 5 nitrogen and oxygen atoms in total. The molecule has 7 heteroatoms. The number of hydrogen-bond donors (Lipinski definition) is 1. The summed E-state index contributed by atoms with van der Waals surface area (Å²) in [4.78, 5) is 17.4. The average molecular weight is 482 g/mol. The van der Waals surface area contributed by atoms with Crippen molar-refractivity contribution in [2.75, 3.05) is 5.32 Å². The highest BCUT2D eigenvalue weighted by atomic mass is 79.9. The number of amides is 1. The number of nitrogens with zero attached hydrogens (tertiary/aromatic N) is 3. The van der Waals surface area contributed by atoms with E-state index < -0.39 is 5.91 Å². The minimum absolute atomic E-state index is 0.0776. The summed E-state index contributed by atoms with van der Waals surface area (Å²) in [6.07, 6.45) is 0. The minimum atomic E-state index is -0.403. The molecule has 0 aliphatic heterocycles. The Morgan fingerprint density at radius 1 is 1.03 bits per heavy atom. The van der Waals surface area contributed by atoms with Gasteiger partial charge >= 0.3 is 0 Å². The van der Waals surface area contributed by atoms with Crippen LogP contribution in [-0.2, 0) is 0 Å². The normalized spacial score (nSPS) is 10.8. The molecule has 0 atom stereocenters. The van der Waals surface area contributed by atoms with Crippen molar-refractivity contribution in [3.8, 4) is 17.1 Å². The fourth-order valence-electron chi connectivity index (χ4n) is 3.06. The van der Waals surface area contributed by atoms with Crippen molar-refractivity contribution in [1.82, 2.24) is 14.8 Å². The Balaban J connectivity index is 1.80. The number of hydrogen-bond acceptors (Lipinski definition) is 3. The maximum Gasteiger partial charge on any atom is 0.295 e. The SMILES string of the molecule is Cc1ccc(C)c(-n2nc(C(=O)Nc3cccc(Cl)c3)nc2-c2ccc(Br)cc2)c1. The molecule has 0 fully saturated rings. The van der Waals surface area contributed by atoms with E-state index in [0.29, 0.717) is 16.5 Å². The maximum absolute atomic E-state index is 12.9. The molecular weight excluding hydrogens is 464 g/mol. The van der Waals surface area contributed by atoms with Crippen LogP contribution in [0, 0.1) is 13.8 Å². The number of carbonyl (C=O) groups excluding carboxylic acids is 1. The number of halogens is 2. The molecule has 0 saturated carbocycles. The van der Waals surface area contributed by atoms with E-state index in [1.807, 2.05) is 56.3 Å². The number of benzene rings is 3. The van der Waals surface area contributed by atoms with E-state index in [-0.39, 0.29) is 5.82 Å². The van der Waals surface area contributed by atoms with Crippen LogP contribution in [0.1, 0.15) is 21.7 Å². The molecule has 0 unspecified atom stereocenters. The Bertz CT molecular complexity index is 1230. The van der Waals surface area contributed by atoms with Crippen LogP contribution in [0.4, 0.5) is 5.69 Å². The first-order valence-electron chi connectivity index (χ1n) is 9.28. The summed E-state index contributed by atoms with van der Waals surface area (Å²) in [6, 6.07) is 20.8. The Kier molecular flexibility index (Phi) is 5.70. The predicted octanol–water partition coefficient (Wildman–Crippen LogP) is 6.22. The molecule has 150 valence electrons. The predicted molar refractivity (Wildman–Crippen MR) is 123 cm³/mol. The van der Waals surface area contributed by atoms with Gasteiger partial charge in [-0.3, -0.25) is 4.79 Å². The average Bonchev–Trinajstić information content (AvgIpc) is 3.16. The summed E-state index contributed by atoms with van der Waals surface area (Å²) in [5, 5.41) is 7.90. The molecule has 0 bridgehead atoms. The van der Waals surface area contributed by atoms with Gasteiger partial charge < -0.3 is 5.32 Å². The van der Waals surface area contributed by atoms with Gasteiger partial charge in [-0.15, -0.1) is 5.10 Å². The summed E-state index contributed by atoms with van der Waals surface area (Å²) >= 11 is 9.47. The van der Waals surface area contributed by atoms with E-state index in [4.69, 9.17) is 11.6 Å². The van der Waals surface area contributed by atoms with Crippen molar-refractivity contribution in [2.24, 2.45) is 0 Å². The van der Waals surface area contributed by atoms with Crippen molar-refractivity contribution in [1.29, 1.82) is 0 Å². The van der Waals surface area contributed by atoms with Crippen molar-refractivity contribution in [2.45, 2.75) is 13.8 Å². The highest BCUT2D eigenvalue weighted by Crippen LogP contribution is 2.26. The highest BCUT2D eigenvalue weighted by molar-refractivity contribution is 9.10. The van der Waals surface area contributed by atoms with Crippen LogP contribution in [-0.4, -0.2) is 20.7 Å². The number of aryl methyl sites for hydroxylation is 2. The van der Waals surface area contributed by atoms with Gasteiger partial charge in [-0.1, -0.05) is 57.9 Å². The van der Waals surface area contributed by atoms with Crippen molar-refractivity contribution >= 4 is 39.1 Å². The lowest BCUT2D eigenvalue weighted by Crippen LogP contribution is -2.14. The van der Waals surface area contributed by atoms with E-state index in [2.05, 4.69) is 31.3 Å². The van der Waals surface area contributed by atoms with Crippen molar-refractivity contribution < 1.29 is 4.79 Å². The number of nitrogens with one attached hydrogen (secondary N) is 1. The highest BCUT2D eigenvalue weighted by Gasteiger charge is 2.20. The van der Waals surface area contributed by atoms with Gasteiger partial charge in [0.2, 0.25) is 5.82 Å². The van der Waals surface area contributed by atoms with Gasteiger partial charge in [0.05, 0.1) is 5.69 Å². The van der Waals surface area contributed by atoms with Gasteiger partial charge in [0, 0.05) is 20.7 Å². The van der Waals surface area contributed by atoms with Crippen LogP contribution < -0.4 is 5.32 Å². The van der Waals surface area contributed by atoms with Gasteiger partial charge in [0.15, 0.2) is 5.82 Å². The summed E-state index contributed by atoms with van der Waals surface area (Å²) < 4.78 is 2.68. The van der Waals surface area contributed by atoms with Crippen LogP contribution in [0.2, 0.25) is 5.02 Å². The van der Waals surface area contributed by atoms with Gasteiger partial charge in [-0.05, 0) is 61.4 Å². The molecule has 30 heavy (non-hydrogen) atoms. The number of rotatable bonds is 4. The van der Waals surface area contributed by atoms with Gasteiger partial charge in [0.25, 0.3) is 5.91 Å². The first-order chi connectivity index (χ1) is 14.4. The largest absolute Gasteiger partial charge is 0.319 e. The maximum atomic E-state index is 12.9. The van der Waals surface area contributed by atoms with Crippen LogP contribution in [0.15, 0.2) is 71.2 Å². The third-order valence-electron chi connectivity index (χ3n) is 4.59. The monoisotopic (exact) mass is 480 g/mol. The first-order valence-corrected chi connectivity index (χ1v) is 10.5. The molecule has 0 saturated heterocycles. The molecule has 0 radical (unpaired) electrons. The fourth-order valence-corrected chi connectivity index (χ4v) is 3.52. The van der Waals surface area contributed by atoms with E-state index in [9.17, 15) is 4.79 Å². The Labute approximate surface area is 187 Å². The zero-order valence-electron chi connectivity index (χ0n) is 16.4. The molecule has 4 rings (SSSR count). The van der Waals surface area contributed by atoms with Crippen LogP contribution in [0.3, 0.4) is 0 Å². The molecule has 1 amide bonds. The molecule has 1 heterocycles. The summed E-state index contributed by atoms with van der Waals surface area (Å²) in [5.41, 5.74) is 4.44. The molecule has 1 aromatic heterocycles.